The van der Waals surface area contributed by atoms with Crippen molar-refractivity contribution in [2.45, 2.75) is 74.7 Å². The summed E-state index contributed by atoms with van der Waals surface area (Å²) in [6, 6.07) is 16.2. The zero-order chi connectivity index (χ0) is 24.3. The van der Waals surface area contributed by atoms with Crippen LogP contribution in [-0.2, 0) is 0 Å². The van der Waals surface area contributed by atoms with Crippen LogP contribution in [0.2, 0.25) is 0 Å². The van der Waals surface area contributed by atoms with E-state index in [1.165, 1.54) is 0 Å². The second-order valence-electron chi connectivity index (χ2n) is 7.33. The second kappa shape index (κ2) is 14.8. The van der Waals surface area contributed by atoms with E-state index < -0.39 is 0 Å². The molecule has 0 aliphatic heterocycles. The summed E-state index contributed by atoms with van der Waals surface area (Å²) in [5, 5.41) is 1.32. The molecule has 0 saturated heterocycles. The van der Waals surface area contributed by atoms with Crippen molar-refractivity contribution in [3.05, 3.63) is 92.6 Å². The minimum atomic E-state index is 0. The average Bonchev–Trinajstić information content (AvgIpc) is 2.82. The van der Waals surface area contributed by atoms with Crippen LogP contribution in [0, 0.1) is 0 Å². The molecule has 0 spiro atoms. The van der Waals surface area contributed by atoms with Gasteiger partial charge < -0.3 is 8.83 Å². The summed E-state index contributed by atoms with van der Waals surface area (Å²) < 4.78 is 11.0. The molecule has 0 fully saturated rings. The fraction of sp³-hybridized carbons (Fsp3) is 0.379. The molecule has 4 heteroatoms. The van der Waals surface area contributed by atoms with Gasteiger partial charge in [0.15, 0.2) is 10.9 Å². The van der Waals surface area contributed by atoms with Gasteiger partial charge in [-0.3, -0.25) is 9.59 Å². The number of hydrogen-bond acceptors (Lipinski definition) is 4. The molecule has 0 amide bonds. The lowest BCUT2D eigenvalue weighted by molar-refractivity contribution is 0.509. The molecule has 0 radical (unpaired) electrons. The van der Waals surface area contributed by atoms with Crippen LogP contribution in [0.4, 0.5) is 0 Å². The lowest BCUT2D eigenvalue weighted by Crippen LogP contribution is -2.09. The zero-order valence-electron chi connectivity index (χ0n) is 20.6. The molecular weight excluding hydrogens is 412 g/mol. The normalized spacial score (nSPS) is 9.76. The maximum absolute atomic E-state index is 11.9. The van der Waals surface area contributed by atoms with E-state index in [-0.39, 0.29) is 30.1 Å². The Morgan fingerprint density at radius 3 is 1.76 bits per heavy atom. The summed E-state index contributed by atoms with van der Waals surface area (Å²) in [5.41, 5.74) is 2.19. The zero-order valence-corrected chi connectivity index (χ0v) is 20.6. The molecule has 0 aliphatic carbocycles. The third-order valence-electron chi connectivity index (χ3n) is 4.55. The van der Waals surface area contributed by atoms with Gasteiger partial charge in [0.05, 0.1) is 17.0 Å². The van der Waals surface area contributed by atoms with Gasteiger partial charge in [0.1, 0.15) is 16.9 Å². The molecule has 2 aromatic heterocycles. The molecular formula is C29H40O4. The molecule has 0 aliphatic rings. The van der Waals surface area contributed by atoms with Crippen molar-refractivity contribution in [1.82, 2.24) is 0 Å². The third-order valence-corrected chi connectivity index (χ3v) is 4.55. The summed E-state index contributed by atoms with van der Waals surface area (Å²) in [6.45, 7) is 16.0. The number of fused-ring (bicyclic) bond motifs is 2. The van der Waals surface area contributed by atoms with Gasteiger partial charge >= 0.3 is 0 Å². The Balaban J connectivity index is 0.000000526. The fourth-order valence-electron chi connectivity index (χ4n) is 2.90. The van der Waals surface area contributed by atoms with E-state index in [4.69, 9.17) is 8.83 Å². The van der Waals surface area contributed by atoms with Crippen molar-refractivity contribution in [3.8, 4) is 0 Å². The van der Waals surface area contributed by atoms with Crippen LogP contribution in [0.1, 0.15) is 86.0 Å². The van der Waals surface area contributed by atoms with Gasteiger partial charge in [-0.25, -0.2) is 0 Å². The first-order valence-electron chi connectivity index (χ1n) is 11.4. The topological polar surface area (TPSA) is 60.4 Å². The second-order valence-corrected chi connectivity index (χ2v) is 7.33. The van der Waals surface area contributed by atoms with Gasteiger partial charge in [-0.1, -0.05) is 87.1 Å². The molecule has 180 valence electrons. The molecule has 0 saturated carbocycles. The molecule has 2 heterocycles. The van der Waals surface area contributed by atoms with Crippen LogP contribution in [0.15, 0.2) is 79.3 Å². The van der Waals surface area contributed by atoms with Crippen LogP contribution in [0.3, 0.4) is 0 Å². The monoisotopic (exact) mass is 452 g/mol. The summed E-state index contributed by atoms with van der Waals surface area (Å²) >= 11 is 0. The van der Waals surface area contributed by atoms with E-state index in [1.54, 1.807) is 30.5 Å². The number of hydrogen-bond donors (Lipinski definition) is 0. The minimum absolute atomic E-state index is 0. The van der Waals surface area contributed by atoms with Gasteiger partial charge in [-0.05, 0) is 30.2 Å². The molecule has 4 rings (SSSR count). The summed E-state index contributed by atoms with van der Waals surface area (Å²) in [5.74, 6) is 1.19. The number of benzene rings is 2. The van der Waals surface area contributed by atoms with Crippen LogP contribution in [-0.4, -0.2) is 0 Å². The van der Waals surface area contributed by atoms with Crippen molar-refractivity contribution in [2.75, 3.05) is 0 Å². The lowest BCUT2D eigenvalue weighted by Gasteiger charge is -2.04. The van der Waals surface area contributed by atoms with Gasteiger partial charge in [0, 0.05) is 17.5 Å². The maximum Gasteiger partial charge on any atom is 0.196 e. The molecule has 2 aromatic carbocycles. The SMILES string of the molecule is C.CC.CC.CC(C)c1cc(=O)c2ccccc2o1.CC(C)c1coc2ccccc2c1=O. The van der Waals surface area contributed by atoms with Gasteiger partial charge in [0.25, 0.3) is 0 Å². The van der Waals surface area contributed by atoms with E-state index >= 15 is 0 Å². The molecule has 4 nitrogen and oxygen atoms in total. The Bertz CT molecular complexity index is 1210. The van der Waals surface area contributed by atoms with Gasteiger partial charge in [-0.15, -0.1) is 0 Å². The highest BCUT2D eigenvalue weighted by Crippen LogP contribution is 2.18. The van der Waals surface area contributed by atoms with Crippen molar-refractivity contribution >= 4 is 21.9 Å². The number of rotatable bonds is 2. The molecule has 33 heavy (non-hydrogen) atoms. The minimum Gasteiger partial charge on any atom is -0.464 e. The van der Waals surface area contributed by atoms with E-state index in [9.17, 15) is 9.59 Å². The van der Waals surface area contributed by atoms with Crippen LogP contribution in [0.5, 0.6) is 0 Å². The molecule has 0 atom stereocenters. The molecule has 0 unspecified atom stereocenters. The van der Waals surface area contributed by atoms with E-state index in [1.807, 2.05) is 85.7 Å². The summed E-state index contributed by atoms with van der Waals surface area (Å²) in [6.07, 6.45) is 1.56. The van der Waals surface area contributed by atoms with Crippen LogP contribution >= 0.6 is 0 Å². The quantitative estimate of drug-likeness (QED) is 0.306. The van der Waals surface area contributed by atoms with Crippen molar-refractivity contribution < 1.29 is 8.83 Å². The highest BCUT2D eigenvalue weighted by Gasteiger charge is 2.09. The summed E-state index contributed by atoms with van der Waals surface area (Å²) in [7, 11) is 0. The largest absolute Gasteiger partial charge is 0.464 e. The van der Waals surface area contributed by atoms with E-state index in [0.29, 0.717) is 21.9 Å². The molecule has 0 N–H and O–H groups in total. The van der Waals surface area contributed by atoms with E-state index in [0.717, 1.165) is 11.3 Å². The van der Waals surface area contributed by atoms with Gasteiger partial charge in [0.2, 0.25) is 0 Å². The standard InChI is InChI=1S/2C12H12O2.2C2H6.CH4/c1-8(2)12-7-10(13)9-5-3-4-6-11(9)14-12;1-8(2)10-7-14-11-6-4-3-5-9(11)12(10)13;2*1-2;/h2*3-8H,1-2H3;2*1-2H3;1H4. The van der Waals surface area contributed by atoms with Crippen LogP contribution in [0.25, 0.3) is 21.9 Å². The Morgan fingerprint density at radius 2 is 1.21 bits per heavy atom. The first-order chi connectivity index (χ1) is 15.4. The van der Waals surface area contributed by atoms with Crippen molar-refractivity contribution in [2.24, 2.45) is 0 Å². The van der Waals surface area contributed by atoms with Gasteiger partial charge in [-0.2, -0.15) is 0 Å². The fourth-order valence-corrected chi connectivity index (χ4v) is 2.90. The van der Waals surface area contributed by atoms with Crippen molar-refractivity contribution in [3.63, 3.8) is 0 Å². The smallest absolute Gasteiger partial charge is 0.196 e. The Hall–Kier alpha value is -3.14. The average molecular weight is 453 g/mol. The van der Waals surface area contributed by atoms with E-state index in [2.05, 4.69) is 0 Å². The third kappa shape index (κ3) is 7.74. The highest BCUT2D eigenvalue weighted by molar-refractivity contribution is 5.77. The Labute approximate surface area is 198 Å². The van der Waals surface area contributed by atoms with Crippen LogP contribution < -0.4 is 10.9 Å². The maximum atomic E-state index is 11.9. The predicted octanol–water partition coefficient (Wildman–Crippen LogP) is 8.52. The molecule has 4 aromatic rings. The Kier molecular flexibility index (Phi) is 13.4. The Morgan fingerprint density at radius 1 is 0.697 bits per heavy atom. The predicted molar refractivity (Wildman–Crippen MR) is 143 cm³/mol. The number of para-hydroxylation sites is 2. The summed E-state index contributed by atoms with van der Waals surface area (Å²) in [4.78, 5) is 23.6. The lowest BCUT2D eigenvalue weighted by atomic mass is 10.0. The first-order valence-corrected chi connectivity index (χ1v) is 11.4. The first kappa shape index (κ1) is 29.9. The highest BCUT2D eigenvalue weighted by atomic mass is 16.3. The van der Waals surface area contributed by atoms with Crippen molar-refractivity contribution in [1.29, 1.82) is 0 Å². The molecule has 0 bridgehead atoms.